The second kappa shape index (κ2) is 3.93. The average Bonchev–Trinajstić information content (AvgIpc) is 2.14. The van der Waals surface area contributed by atoms with Crippen LogP contribution >= 0.6 is 0 Å². The molecule has 0 bridgehead atoms. The zero-order chi connectivity index (χ0) is 6.85. The van der Waals surface area contributed by atoms with Crippen molar-refractivity contribution in [2.75, 3.05) is 6.54 Å². The summed E-state index contributed by atoms with van der Waals surface area (Å²) in [6.45, 7) is 0.400. The van der Waals surface area contributed by atoms with Gasteiger partial charge >= 0.3 is 5.97 Å². The second-order valence-corrected chi connectivity index (χ2v) is 2.19. The third-order valence-electron chi connectivity index (χ3n) is 1.41. The Balaban J connectivity index is 0.000000810. The summed E-state index contributed by atoms with van der Waals surface area (Å²) >= 11 is 0. The molecular formula is C5H9FeNO3. The Kier molecular flexibility index (Phi) is 3.89. The van der Waals surface area contributed by atoms with Crippen LogP contribution in [0.15, 0.2) is 0 Å². The maximum Gasteiger partial charge on any atom is 0.320 e. The molecule has 0 aromatic rings. The van der Waals surface area contributed by atoms with Gasteiger partial charge in [0, 0.05) is 30.0 Å². The molecule has 0 aromatic carbocycles. The number of hydrogen-bond acceptors (Lipinski definition) is 3. The van der Waals surface area contributed by atoms with Crippen LogP contribution in [0, 0.1) is 0 Å². The first-order valence-electron chi connectivity index (χ1n) is 2.84. The standard InChI is InChI=1S/C5H9NO3.Fe/c7-3-1-4(5(8)9)6-2-3;/h3-4,6-7H,1-2H2,(H,8,9);. The van der Waals surface area contributed by atoms with Crippen LogP contribution in [-0.2, 0) is 21.9 Å². The molecule has 1 rings (SSSR count). The smallest absolute Gasteiger partial charge is 0.320 e. The zero-order valence-corrected chi connectivity index (χ0v) is 6.33. The van der Waals surface area contributed by atoms with E-state index in [9.17, 15) is 4.79 Å². The Morgan fingerprint density at radius 2 is 2.20 bits per heavy atom. The van der Waals surface area contributed by atoms with E-state index in [1.54, 1.807) is 0 Å². The molecule has 1 fully saturated rings. The molecule has 0 radical (unpaired) electrons. The summed E-state index contributed by atoms with van der Waals surface area (Å²) in [5, 5.41) is 19.8. The molecule has 5 heteroatoms. The van der Waals surface area contributed by atoms with Crippen LogP contribution in [0.4, 0.5) is 0 Å². The molecule has 2 atom stereocenters. The molecule has 0 aromatic heterocycles. The Hall–Kier alpha value is -0.0905. The summed E-state index contributed by atoms with van der Waals surface area (Å²) in [6, 6.07) is -0.542. The molecule has 1 saturated heterocycles. The monoisotopic (exact) mass is 187 g/mol. The predicted octanol–water partition coefficient (Wildman–Crippen LogP) is -1.21. The molecule has 0 amide bonds. The summed E-state index contributed by atoms with van der Waals surface area (Å²) in [5.41, 5.74) is 0. The molecule has 0 saturated carbocycles. The number of rotatable bonds is 1. The number of carboxylic acid groups (broad SMARTS) is 1. The van der Waals surface area contributed by atoms with E-state index in [0.717, 1.165) is 0 Å². The van der Waals surface area contributed by atoms with Crippen LogP contribution in [0.2, 0.25) is 0 Å². The van der Waals surface area contributed by atoms with Gasteiger partial charge in [0.1, 0.15) is 6.04 Å². The predicted molar refractivity (Wildman–Crippen MR) is 30.1 cm³/mol. The van der Waals surface area contributed by atoms with Crippen molar-refractivity contribution >= 4 is 5.97 Å². The van der Waals surface area contributed by atoms with Gasteiger partial charge in [0.15, 0.2) is 0 Å². The van der Waals surface area contributed by atoms with Gasteiger partial charge in [-0.05, 0) is 0 Å². The third kappa shape index (κ3) is 2.27. The Morgan fingerprint density at radius 3 is 2.40 bits per heavy atom. The minimum absolute atomic E-state index is 0. The van der Waals surface area contributed by atoms with Crippen molar-refractivity contribution in [3.63, 3.8) is 0 Å². The Labute approximate surface area is 69.1 Å². The minimum atomic E-state index is -0.883. The number of aliphatic hydroxyl groups excluding tert-OH is 1. The summed E-state index contributed by atoms with van der Waals surface area (Å²) in [5.74, 6) is -0.883. The van der Waals surface area contributed by atoms with E-state index in [0.29, 0.717) is 13.0 Å². The van der Waals surface area contributed by atoms with Crippen LogP contribution in [0.1, 0.15) is 6.42 Å². The molecule has 1 aliphatic rings. The first-order chi connectivity index (χ1) is 4.20. The van der Waals surface area contributed by atoms with E-state index in [4.69, 9.17) is 10.2 Å². The number of carboxylic acids is 1. The van der Waals surface area contributed by atoms with Gasteiger partial charge in [0.25, 0.3) is 0 Å². The van der Waals surface area contributed by atoms with E-state index in [2.05, 4.69) is 5.32 Å². The van der Waals surface area contributed by atoms with Crippen molar-refractivity contribution in [1.82, 2.24) is 5.32 Å². The van der Waals surface area contributed by atoms with Gasteiger partial charge in [-0.3, -0.25) is 4.79 Å². The first kappa shape index (κ1) is 9.91. The first-order valence-corrected chi connectivity index (χ1v) is 2.84. The fourth-order valence-electron chi connectivity index (χ4n) is 0.905. The number of nitrogens with one attached hydrogen (secondary N) is 1. The third-order valence-corrected chi connectivity index (χ3v) is 1.41. The number of carbonyl (C=O) groups is 1. The normalized spacial score (nSPS) is 31.3. The molecule has 1 aliphatic heterocycles. The van der Waals surface area contributed by atoms with Crippen LogP contribution < -0.4 is 5.32 Å². The largest absolute Gasteiger partial charge is 0.480 e. The van der Waals surface area contributed by atoms with Crippen LogP contribution in [0.25, 0.3) is 0 Å². The second-order valence-electron chi connectivity index (χ2n) is 2.19. The summed E-state index contributed by atoms with van der Waals surface area (Å²) in [6.07, 6.45) is -0.152. The molecule has 10 heavy (non-hydrogen) atoms. The van der Waals surface area contributed by atoms with Gasteiger partial charge in [-0.25, -0.2) is 0 Å². The van der Waals surface area contributed by atoms with Gasteiger partial charge in [-0.1, -0.05) is 0 Å². The molecule has 0 aliphatic carbocycles. The minimum Gasteiger partial charge on any atom is -0.480 e. The molecule has 0 spiro atoms. The zero-order valence-electron chi connectivity index (χ0n) is 5.23. The molecule has 60 valence electrons. The average molecular weight is 187 g/mol. The van der Waals surface area contributed by atoms with E-state index < -0.39 is 18.1 Å². The number of hydrogen-bond donors (Lipinski definition) is 3. The summed E-state index contributed by atoms with van der Waals surface area (Å²) < 4.78 is 0. The molecular weight excluding hydrogens is 178 g/mol. The van der Waals surface area contributed by atoms with E-state index in [1.165, 1.54) is 0 Å². The molecule has 4 nitrogen and oxygen atoms in total. The number of β-amino-alcohol motifs (C(OH)–C–C–N with tert-alkyl or cyclic N) is 1. The molecule has 3 N–H and O–H groups in total. The van der Waals surface area contributed by atoms with Gasteiger partial charge in [-0.2, -0.15) is 0 Å². The van der Waals surface area contributed by atoms with Crippen molar-refractivity contribution < 1.29 is 32.1 Å². The maximum atomic E-state index is 10.2. The van der Waals surface area contributed by atoms with Crippen LogP contribution in [-0.4, -0.2) is 34.9 Å². The van der Waals surface area contributed by atoms with Gasteiger partial charge in [-0.15, -0.1) is 0 Å². The Morgan fingerprint density at radius 1 is 1.60 bits per heavy atom. The van der Waals surface area contributed by atoms with E-state index >= 15 is 0 Å². The van der Waals surface area contributed by atoms with Crippen molar-refractivity contribution in [3.8, 4) is 0 Å². The SMILES string of the molecule is O=C(O)C1CC(O)CN1.[Fe]. The van der Waals surface area contributed by atoms with Crippen molar-refractivity contribution in [2.45, 2.75) is 18.6 Å². The van der Waals surface area contributed by atoms with Crippen LogP contribution in [0.5, 0.6) is 0 Å². The van der Waals surface area contributed by atoms with E-state index in [-0.39, 0.29) is 17.1 Å². The number of aliphatic carboxylic acids is 1. The fraction of sp³-hybridized carbons (Fsp3) is 0.800. The van der Waals surface area contributed by atoms with Gasteiger partial charge < -0.3 is 15.5 Å². The maximum absolute atomic E-state index is 10.2. The molecule has 1 heterocycles. The van der Waals surface area contributed by atoms with Crippen molar-refractivity contribution in [3.05, 3.63) is 0 Å². The fourth-order valence-corrected chi connectivity index (χ4v) is 0.905. The van der Waals surface area contributed by atoms with E-state index in [1.807, 2.05) is 0 Å². The summed E-state index contributed by atoms with van der Waals surface area (Å²) in [7, 11) is 0. The van der Waals surface area contributed by atoms with Crippen LogP contribution in [0.3, 0.4) is 0 Å². The number of aliphatic hydroxyl groups is 1. The summed E-state index contributed by atoms with van der Waals surface area (Å²) in [4.78, 5) is 10.2. The van der Waals surface area contributed by atoms with Crippen molar-refractivity contribution in [2.24, 2.45) is 0 Å². The quantitative estimate of drug-likeness (QED) is 0.450. The van der Waals surface area contributed by atoms with Gasteiger partial charge in [0.2, 0.25) is 0 Å². The van der Waals surface area contributed by atoms with Gasteiger partial charge in [0.05, 0.1) is 6.10 Å². The Bertz CT molecular complexity index is 130. The molecule has 2 unspecified atom stereocenters. The topological polar surface area (TPSA) is 69.6 Å². The van der Waals surface area contributed by atoms with Crippen molar-refractivity contribution in [1.29, 1.82) is 0 Å².